The van der Waals surface area contributed by atoms with Gasteiger partial charge in [-0.25, -0.2) is 0 Å². The minimum absolute atomic E-state index is 0.0805. The minimum atomic E-state index is -0.530. The van der Waals surface area contributed by atoms with E-state index in [1.165, 1.54) is 18.5 Å². The summed E-state index contributed by atoms with van der Waals surface area (Å²) in [6.45, 7) is 8.58. The second-order valence-electron chi connectivity index (χ2n) is 8.98. The zero-order valence-corrected chi connectivity index (χ0v) is 19.4. The van der Waals surface area contributed by atoms with Gasteiger partial charge in [0.2, 0.25) is 0 Å². The van der Waals surface area contributed by atoms with Crippen LogP contribution in [0.1, 0.15) is 51.6 Å². The van der Waals surface area contributed by atoms with Crippen LogP contribution >= 0.6 is 0 Å². The van der Waals surface area contributed by atoms with E-state index in [0.29, 0.717) is 6.42 Å². The van der Waals surface area contributed by atoms with Crippen LogP contribution in [-0.2, 0) is 4.79 Å². The van der Waals surface area contributed by atoms with E-state index in [2.05, 4.69) is 53.5 Å². The molecule has 1 aliphatic heterocycles. The maximum Gasteiger partial charge on any atom is 0.261 e. The second kappa shape index (κ2) is 10.1. The van der Waals surface area contributed by atoms with Gasteiger partial charge in [-0.2, -0.15) is 0 Å². The third kappa shape index (κ3) is 5.07. The van der Waals surface area contributed by atoms with Crippen molar-refractivity contribution >= 4 is 22.4 Å². The van der Waals surface area contributed by atoms with Crippen molar-refractivity contribution in [1.29, 1.82) is 0 Å². The third-order valence-corrected chi connectivity index (χ3v) is 6.58. The van der Waals surface area contributed by atoms with Crippen LogP contribution in [-0.4, -0.2) is 25.1 Å². The highest BCUT2D eigenvalue weighted by Crippen LogP contribution is 2.27. The number of hydrogen-bond donors (Lipinski definition) is 1. The maximum absolute atomic E-state index is 13.0. The predicted octanol–water partition coefficient (Wildman–Crippen LogP) is 6.11. The fourth-order valence-corrected chi connectivity index (χ4v) is 4.40. The standard InChI is InChI=1S/C28H34N2O2/c1-4-26(32-27-11-7-9-23-8-5-6-10-25(23)27)28(31)29-21(3)22-12-14-24(15-13-22)30-18-16-20(2)17-19-30/h5-15,20-21,26H,4,16-19H2,1-3H3,(H,29,31)/t21-,26-/m0/s1. The Morgan fingerprint density at radius 3 is 2.44 bits per heavy atom. The average molecular weight is 431 g/mol. The Morgan fingerprint density at radius 1 is 1.03 bits per heavy atom. The molecule has 0 aliphatic carbocycles. The number of anilines is 1. The summed E-state index contributed by atoms with van der Waals surface area (Å²) in [7, 11) is 0. The number of ether oxygens (including phenoxy) is 1. The third-order valence-electron chi connectivity index (χ3n) is 6.58. The fourth-order valence-electron chi connectivity index (χ4n) is 4.40. The summed E-state index contributed by atoms with van der Waals surface area (Å²) in [6, 6.07) is 22.6. The molecule has 32 heavy (non-hydrogen) atoms. The molecule has 3 aromatic rings. The molecule has 1 heterocycles. The van der Waals surface area contributed by atoms with E-state index in [-0.39, 0.29) is 11.9 Å². The summed E-state index contributed by atoms with van der Waals surface area (Å²) in [4.78, 5) is 15.5. The molecule has 2 atom stereocenters. The fraction of sp³-hybridized carbons (Fsp3) is 0.393. The highest BCUT2D eigenvalue weighted by molar-refractivity contribution is 5.89. The lowest BCUT2D eigenvalue weighted by Crippen LogP contribution is -2.39. The zero-order chi connectivity index (χ0) is 22.5. The molecule has 1 N–H and O–H groups in total. The number of nitrogens with one attached hydrogen (secondary N) is 1. The van der Waals surface area contributed by atoms with Gasteiger partial charge in [-0.1, -0.05) is 62.4 Å². The van der Waals surface area contributed by atoms with E-state index in [1.807, 2.05) is 44.2 Å². The van der Waals surface area contributed by atoms with Gasteiger partial charge in [0.25, 0.3) is 5.91 Å². The van der Waals surface area contributed by atoms with Crippen molar-refractivity contribution in [3.05, 3.63) is 72.3 Å². The van der Waals surface area contributed by atoms with Crippen LogP contribution in [0.2, 0.25) is 0 Å². The number of carbonyl (C=O) groups excluding carboxylic acids is 1. The highest BCUT2D eigenvalue weighted by Gasteiger charge is 2.22. The lowest BCUT2D eigenvalue weighted by atomic mass is 9.98. The van der Waals surface area contributed by atoms with Gasteiger partial charge in [0.15, 0.2) is 6.10 Å². The molecule has 0 bridgehead atoms. The topological polar surface area (TPSA) is 41.6 Å². The molecule has 1 fully saturated rings. The van der Waals surface area contributed by atoms with Gasteiger partial charge in [0.05, 0.1) is 6.04 Å². The van der Waals surface area contributed by atoms with Crippen molar-refractivity contribution in [3.8, 4) is 5.75 Å². The van der Waals surface area contributed by atoms with Gasteiger partial charge in [0.1, 0.15) is 5.75 Å². The van der Waals surface area contributed by atoms with Crippen LogP contribution in [0.15, 0.2) is 66.7 Å². The lowest BCUT2D eigenvalue weighted by molar-refractivity contribution is -0.128. The summed E-state index contributed by atoms with van der Waals surface area (Å²) < 4.78 is 6.16. The van der Waals surface area contributed by atoms with E-state index in [0.717, 1.165) is 41.1 Å². The molecular weight excluding hydrogens is 396 g/mol. The van der Waals surface area contributed by atoms with Crippen LogP contribution in [0.3, 0.4) is 0 Å². The van der Waals surface area contributed by atoms with Gasteiger partial charge in [-0.15, -0.1) is 0 Å². The molecule has 4 heteroatoms. The number of piperidine rings is 1. The van der Waals surface area contributed by atoms with Crippen molar-refractivity contribution in [2.75, 3.05) is 18.0 Å². The maximum atomic E-state index is 13.0. The Hall–Kier alpha value is -3.01. The van der Waals surface area contributed by atoms with E-state index < -0.39 is 6.10 Å². The largest absolute Gasteiger partial charge is 0.480 e. The molecular formula is C28H34N2O2. The van der Waals surface area contributed by atoms with Gasteiger partial charge < -0.3 is 15.0 Å². The first-order valence-corrected chi connectivity index (χ1v) is 11.8. The monoisotopic (exact) mass is 430 g/mol. The molecule has 0 spiro atoms. The van der Waals surface area contributed by atoms with Crippen molar-refractivity contribution in [3.63, 3.8) is 0 Å². The van der Waals surface area contributed by atoms with Crippen LogP contribution in [0.4, 0.5) is 5.69 Å². The van der Waals surface area contributed by atoms with E-state index in [4.69, 9.17) is 4.74 Å². The number of amides is 1. The Labute approximate surface area is 191 Å². The molecule has 0 saturated carbocycles. The van der Waals surface area contributed by atoms with Crippen molar-refractivity contribution in [2.24, 2.45) is 5.92 Å². The highest BCUT2D eigenvalue weighted by atomic mass is 16.5. The second-order valence-corrected chi connectivity index (χ2v) is 8.98. The summed E-state index contributed by atoms with van der Waals surface area (Å²) >= 11 is 0. The SMILES string of the molecule is CC[C@H](Oc1cccc2ccccc12)C(=O)N[C@@H](C)c1ccc(N2CCC(C)CC2)cc1. The molecule has 3 aromatic carbocycles. The smallest absolute Gasteiger partial charge is 0.261 e. The average Bonchev–Trinajstić information content (AvgIpc) is 2.83. The first-order valence-electron chi connectivity index (χ1n) is 11.8. The van der Waals surface area contributed by atoms with Gasteiger partial charge in [-0.05, 0) is 61.3 Å². The number of hydrogen-bond acceptors (Lipinski definition) is 3. The molecule has 0 unspecified atom stereocenters. The lowest BCUT2D eigenvalue weighted by Gasteiger charge is -2.32. The quantitative estimate of drug-likeness (QED) is 0.492. The molecule has 168 valence electrons. The van der Waals surface area contributed by atoms with Crippen LogP contribution in [0, 0.1) is 5.92 Å². The normalized spacial score (nSPS) is 16.5. The predicted molar refractivity (Wildman–Crippen MR) is 132 cm³/mol. The zero-order valence-electron chi connectivity index (χ0n) is 19.4. The number of carbonyl (C=O) groups is 1. The number of benzene rings is 3. The number of nitrogens with zero attached hydrogens (tertiary/aromatic N) is 1. The van der Waals surface area contributed by atoms with E-state index in [9.17, 15) is 4.79 Å². The molecule has 1 saturated heterocycles. The van der Waals surface area contributed by atoms with Crippen LogP contribution in [0.25, 0.3) is 10.8 Å². The first kappa shape index (κ1) is 22.2. The number of fused-ring (bicyclic) bond motifs is 1. The van der Waals surface area contributed by atoms with Crippen LogP contribution < -0.4 is 15.0 Å². The van der Waals surface area contributed by atoms with Gasteiger partial charge >= 0.3 is 0 Å². The molecule has 0 aromatic heterocycles. The molecule has 1 aliphatic rings. The Balaban J connectivity index is 1.39. The molecule has 1 amide bonds. The van der Waals surface area contributed by atoms with Gasteiger partial charge in [-0.3, -0.25) is 4.79 Å². The van der Waals surface area contributed by atoms with Crippen molar-refractivity contribution in [2.45, 2.75) is 52.2 Å². The Morgan fingerprint density at radius 2 is 1.72 bits per heavy atom. The summed E-state index contributed by atoms with van der Waals surface area (Å²) in [5.74, 6) is 1.49. The van der Waals surface area contributed by atoms with E-state index in [1.54, 1.807) is 0 Å². The molecule has 4 nitrogen and oxygen atoms in total. The Bertz CT molecular complexity index is 1030. The molecule has 0 radical (unpaired) electrons. The van der Waals surface area contributed by atoms with Crippen molar-refractivity contribution < 1.29 is 9.53 Å². The van der Waals surface area contributed by atoms with Gasteiger partial charge in [0, 0.05) is 24.2 Å². The van der Waals surface area contributed by atoms with Crippen molar-refractivity contribution in [1.82, 2.24) is 5.32 Å². The Kier molecular flexibility index (Phi) is 6.99. The minimum Gasteiger partial charge on any atom is -0.480 e. The summed E-state index contributed by atoms with van der Waals surface area (Å²) in [5.41, 5.74) is 2.37. The summed E-state index contributed by atoms with van der Waals surface area (Å²) in [5, 5.41) is 5.28. The van der Waals surface area contributed by atoms with Crippen LogP contribution in [0.5, 0.6) is 5.75 Å². The first-order chi connectivity index (χ1) is 15.5. The summed E-state index contributed by atoms with van der Waals surface area (Å²) in [6.07, 6.45) is 2.58. The molecule has 4 rings (SSSR count). The van der Waals surface area contributed by atoms with E-state index >= 15 is 0 Å². The number of rotatable bonds is 7.